The van der Waals surface area contributed by atoms with Crippen LogP contribution in [0.5, 0.6) is 0 Å². The average Bonchev–Trinajstić information content (AvgIpc) is 3.56. The molecule has 0 radical (unpaired) electrons. The van der Waals surface area contributed by atoms with E-state index in [4.69, 9.17) is 9.47 Å². The highest BCUT2D eigenvalue weighted by atomic mass is 16.5. The average molecular weight is 420 g/mol. The lowest BCUT2D eigenvalue weighted by Crippen LogP contribution is -2.45. The summed E-state index contributed by atoms with van der Waals surface area (Å²) in [5.74, 6) is -0.460. The number of hydrogen-bond acceptors (Lipinski definition) is 6. The number of carbonyl (C=O) groups is 3. The van der Waals surface area contributed by atoms with E-state index in [-0.39, 0.29) is 24.2 Å². The van der Waals surface area contributed by atoms with E-state index in [1.807, 2.05) is 18.4 Å². The zero-order chi connectivity index (χ0) is 21.8. The Morgan fingerprint density at radius 1 is 1.17 bits per heavy atom. The molecule has 1 aliphatic carbocycles. The van der Waals surface area contributed by atoms with Gasteiger partial charge in [-0.1, -0.05) is 0 Å². The van der Waals surface area contributed by atoms with E-state index >= 15 is 0 Å². The molecule has 0 spiro atoms. The Morgan fingerprint density at radius 3 is 2.40 bits per heavy atom. The number of methoxy groups -OCH3 is 1. The molecule has 0 unspecified atom stereocenters. The van der Waals surface area contributed by atoms with Crippen LogP contribution in [-0.4, -0.2) is 85.1 Å². The molecule has 30 heavy (non-hydrogen) atoms. The summed E-state index contributed by atoms with van der Waals surface area (Å²) < 4.78 is 12.1. The number of ketones is 1. The van der Waals surface area contributed by atoms with E-state index < -0.39 is 5.97 Å². The van der Waals surface area contributed by atoms with Crippen molar-refractivity contribution >= 4 is 17.7 Å². The molecule has 2 fully saturated rings. The number of hydrogen-bond donors (Lipinski definition) is 0. The van der Waals surface area contributed by atoms with Gasteiger partial charge in [0.05, 0.1) is 26.9 Å². The van der Waals surface area contributed by atoms with Crippen LogP contribution in [0, 0.1) is 19.8 Å². The molecule has 0 aromatic carbocycles. The van der Waals surface area contributed by atoms with Crippen molar-refractivity contribution in [1.29, 1.82) is 0 Å². The number of morpholine rings is 1. The number of aromatic nitrogens is 1. The first kappa shape index (κ1) is 22.5. The minimum absolute atomic E-state index is 0.0374. The van der Waals surface area contributed by atoms with Gasteiger partial charge in [0.2, 0.25) is 5.91 Å². The number of ether oxygens (including phenoxy) is 2. The lowest BCUT2D eigenvalue weighted by Gasteiger charge is -2.30. The summed E-state index contributed by atoms with van der Waals surface area (Å²) in [7, 11) is 1.34. The van der Waals surface area contributed by atoms with Gasteiger partial charge in [-0.2, -0.15) is 0 Å². The third-order valence-corrected chi connectivity index (χ3v) is 6.10. The van der Waals surface area contributed by atoms with Crippen LogP contribution in [-0.2, 0) is 20.8 Å². The highest BCUT2D eigenvalue weighted by Gasteiger charge is 2.35. The molecule has 1 aliphatic heterocycles. The van der Waals surface area contributed by atoms with Crippen molar-refractivity contribution < 1.29 is 23.9 Å². The Balaban J connectivity index is 1.78. The first-order valence-corrected chi connectivity index (χ1v) is 10.8. The summed E-state index contributed by atoms with van der Waals surface area (Å²) in [6.45, 7) is 10.5. The summed E-state index contributed by atoms with van der Waals surface area (Å²) >= 11 is 0. The summed E-state index contributed by atoms with van der Waals surface area (Å²) in [6.07, 6.45) is 1.80. The fourth-order valence-electron chi connectivity index (χ4n) is 4.26. The number of carbonyl (C=O) groups excluding carboxylic acids is 3. The lowest BCUT2D eigenvalue weighted by molar-refractivity contribution is -0.132. The van der Waals surface area contributed by atoms with E-state index in [0.29, 0.717) is 43.1 Å². The van der Waals surface area contributed by atoms with Crippen molar-refractivity contribution in [1.82, 2.24) is 14.4 Å². The van der Waals surface area contributed by atoms with Crippen LogP contribution in [0.1, 0.15) is 51.9 Å². The highest BCUT2D eigenvalue weighted by molar-refractivity contribution is 6.04. The molecule has 0 atom stereocenters. The molecule has 1 aromatic heterocycles. The molecular formula is C22H33N3O5. The SMILES string of the molecule is CCn1c(C)c(C(=O)CN(CCN2CCOCC2)C(=O)C2CC2)c(C)c1C(=O)OC. The molecule has 3 rings (SSSR count). The van der Waals surface area contributed by atoms with Crippen molar-refractivity contribution in [3.05, 3.63) is 22.5 Å². The van der Waals surface area contributed by atoms with E-state index in [1.165, 1.54) is 7.11 Å². The number of amides is 1. The van der Waals surface area contributed by atoms with Crippen LogP contribution in [0.2, 0.25) is 0 Å². The van der Waals surface area contributed by atoms with Crippen molar-refractivity contribution in [3.63, 3.8) is 0 Å². The third-order valence-electron chi connectivity index (χ3n) is 6.10. The van der Waals surface area contributed by atoms with E-state index in [0.717, 1.165) is 38.2 Å². The van der Waals surface area contributed by atoms with Gasteiger partial charge < -0.3 is 18.9 Å². The maximum atomic E-state index is 13.3. The predicted molar refractivity (Wildman–Crippen MR) is 112 cm³/mol. The van der Waals surface area contributed by atoms with Crippen molar-refractivity contribution in [2.24, 2.45) is 5.92 Å². The van der Waals surface area contributed by atoms with Gasteiger partial charge in [0.15, 0.2) is 5.78 Å². The van der Waals surface area contributed by atoms with Crippen LogP contribution >= 0.6 is 0 Å². The maximum absolute atomic E-state index is 13.3. The summed E-state index contributed by atoms with van der Waals surface area (Å²) in [5.41, 5.74) is 2.30. The van der Waals surface area contributed by atoms with E-state index in [9.17, 15) is 14.4 Å². The first-order chi connectivity index (χ1) is 14.4. The Labute approximate surface area is 178 Å². The molecular weight excluding hydrogens is 386 g/mol. The van der Waals surface area contributed by atoms with Gasteiger partial charge in [-0.3, -0.25) is 14.5 Å². The van der Waals surface area contributed by atoms with Crippen LogP contribution in [0.25, 0.3) is 0 Å². The number of Topliss-reactive ketones (excluding diaryl/α,β-unsaturated/α-hetero) is 1. The molecule has 0 N–H and O–H groups in total. The smallest absolute Gasteiger partial charge is 0.354 e. The number of rotatable bonds is 9. The largest absolute Gasteiger partial charge is 0.464 e. The van der Waals surface area contributed by atoms with Gasteiger partial charge >= 0.3 is 5.97 Å². The van der Waals surface area contributed by atoms with Crippen molar-refractivity contribution in [3.8, 4) is 0 Å². The molecule has 1 saturated carbocycles. The van der Waals surface area contributed by atoms with Gasteiger partial charge in [-0.05, 0) is 39.2 Å². The summed E-state index contributed by atoms with van der Waals surface area (Å²) in [4.78, 5) is 42.4. The Morgan fingerprint density at radius 2 is 1.83 bits per heavy atom. The van der Waals surface area contributed by atoms with E-state index in [1.54, 1.807) is 11.8 Å². The molecule has 2 heterocycles. The second kappa shape index (κ2) is 9.75. The van der Waals surface area contributed by atoms with Gasteiger partial charge in [0, 0.05) is 49.9 Å². The highest BCUT2D eigenvalue weighted by Crippen LogP contribution is 2.31. The van der Waals surface area contributed by atoms with Gasteiger partial charge in [-0.25, -0.2) is 4.79 Å². The molecule has 1 aromatic rings. The summed E-state index contributed by atoms with van der Waals surface area (Å²) in [6, 6.07) is 0. The molecule has 166 valence electrons. The zero-order valence-corrected chi connectivity index (χ0v) is 18.5. The third kappa shape index (κ3) is 4.75. The first-order valence-electron chi connectivity index (χ1n) is 10.8. The van der Waals surface area contributed by atoms with Gasteiger partial charge in [0.25, 0.3) is 0 Å². The standard InChI is InChI=1S/C22H33N3O5/c1-5-25-16(3)19(15(2)20(25)22(28)29-4)18(26)14-24(21(27)17-6-7-17)9-8-23-10-12-30-13-11-23/h17H,5-14H2,1-4H3. The van der Waals surface area contributed by atoms with Crippen LogP contribution in [0.3, 0.4) is 0 Å². The second-order valence-electron chi connectivity index (χ2n) is 8.08. The van der Waals surface area contributed by atoms with Crippen LogP contribution < -0.4 is 0 Å². The van der Waals surface area contributed by atoms with Crippen LogP contribution in [0.4, 0.5) is 0 Å². The normalized spacial score (nSPS) is 17.1. The fourth-order valence-corrected chi connectivity index (χ4v) is 4.26. The quantitative estimate of drug-likeness (QED) is 0.447. The van der Waals surface area contributed by atoms with Gasteiger partial charge in [0.1, 0.15) is 5.69 Å². The van der Waals surface area contributed by atoms with Crippen LogP contribution in [0.15, 0.2) is 0 Å². The molecule has 8 heteroatoms. The molecule has 1 saturated heterocycles. The Kier molecular flexibility index (Phi) is 7.31. The van der Waals surface area contributed by atoms with Crippen molar-refractivity contribution in [2.75, 3.05) is 53.0 Å². The number of esters is 1. The fraction of sp³-hybridized carbons (Fsp3) is 0.682. The zero-order valence-electron chi connectivity index (χ0n) is 18.5. The predicted octanol–water partition coefficient (Wildman–Crippen LogP) is 1.66. The molecule has 8 nitrogen and oxygen atoms in total. The lowest BCUT2D eigenvalue weighted by atomic mass is 10.0. The monoisotopic (exact) mass is 419 g/mol. The summed E-state index contributed by atoms with van der Waals surface area (Å²) in [5, 5.41) is 0. The minimum Gasteiger partial charge on any atom is -0.464 e. The van der Waals surface area contributed by atoms with E-state index in [2.05, 4.69) is 4.90 Å². The second-order valence-corrected chi connectivity index (χ2v) is 8.08. The topological polar surface area (TPSA) is 81.1 Å². The molecule has 2 aliphatic rings. The van der Waals surface area contributed by atoms with Crippen molar-refractivity contribution in [2.45, 2.75) is 40.2 Å². The Hall–Kier alpha value is -2.19. The number of nitrogens with zero attached hydrogens (tertiary/aromatic N) is 3. The van der Waals surface area contributed by atoms with Gasteiger partial charge in [-0.15, -0.1) is 0 Å². The minimum atomic E-state index is -0.449. The molecule has 0 bridgehead atoms. The Bertz CT molecular complexity index is 806. The maximum Gasteiger partial charge on any atom is 0.354 e. The molecule has 1 amide bonds.